The normalized spacial score (nSPS) is 11.8. The van der Waals surface area contributed by atoms with Crippen LogP contribution in [0.1, 0.15) is 39.5 Å². The van der Waals surface area contributed by atoms with E-state index in [1.165, 1.54) is 33.4 Å². The topological polar surface area (TPSA) is 15.7 Å². The summed E-state index contributed by atoms with van der Waals surface area (Å²) >= 11 is 0. The molecule has 0 heterocycles. The lowest BCUT2D eigenvalue weighted by Gasteiger charge is -2.27. The van der Waals surface area contributed by atoms with Gasteiger partial charge >= 0.3 is 0 Å². The fourth-order valence-electron chi connectivity index (χ4n) is 3.60. The number of likely N-dealkylation sites (N-methyl/N-ethyl adjacent to an activating group) is 2. The summed E-state index contributed by atoms with van der Waals surface area (Å²) in [6.45, 7) is 12.5. The number of nitrogens with zero attached hydrogens (tertiary/aromatic N) is 2. The van der Waals surface area contributed by atoms with E-state index in [1.54, 1.807) is 0 Å². The van der Waals surface area contributed by atoms with Gasteiger partial charge in [0.15, 0.2) is 0 Å². The lowest BCUT2D eigenvalue weighted by Crippen LogP contribution is -2.31. The van der Waals surface area contributed by atoms with Crippen molar-refractivity contribution in [1.29, 1.82) is 0 Å². The summed E-state index contributed by atoms with van der Waals surface area (Å²) in [5.41, 5.74) is 7.80. The van der Waals surface area contributed by atoms with E-state index in [9.17, 15) is 0 Å². The maximum atomic E-state index is 6.56. The molecule has 0 saturated carbocycles. The number of hydrogen-bond acceptors (Lipinski definition) is 3. The molecule has 0 aromatic heterocycles. The molecule has 0 saturated heterocycles. The molecule has 0 aliphatic rings. The smallest absolute Gasteiger partial charge is 0.109 e. The monoisotopic (exact) mass is 368 g/mol. The van der Waals surface area contributed by atoms with E-state index in [1.807, 2.05) is 0 Å². The minimum absolute atomic E-state index is 0.0188. The second-order valence-corrected chi connectivity index (χ2v) is 7.97. The quantitative estimate of drug-likeness (QED) is 0.647. The van der Waals surface area contributed by atoms with Crippen molar-refractivity contribution in [1.82, 2.24) is 9.80 Å². The minimum Gasteiger partial charge on any atom is -0.367 e. The third-order valence-electron chi connectivity index (χ3n) is 5.30. The molecular weight excluding hydrogens is 332 g/mol. The van der Waals surface area contributed by atoms with E-state index in [0.29, 0.717) is 0 Å². The molecule has 0 unspecified atom stereocenters. The van der Waals surface area contributed by atoms with Crippen molar-refractivity contribution in [2.24, 2.45) is 0 Å². The van der Waals surface area contributed by atoms with E-state index in [2.05, 4.69) is 95.0 Å². The largest absolute Gasteiger partial charge is 0.367 e. The summed E-state index contributed by atoms with van der Waals surface area (Å²) in [5.74, 6) is 0. The van der Waals surface area contributed by atoms with Crippen molar-refractivity contribution in [3.05, 3.63) is 69.8 Å². The zero-order chi connectivity index (χ0) is 20.0. The van der Waals surface area contributed by atoms with E-state index in [-0.39, 0.29) is 6.10 Å². The third-order valence-corrected chi connectivity index (χ3v) is 5.30. The first-order valence-corrected chi connectivity index (χ1v) is 9.88. The van der Waals surface area contributed by atoms with E-state index in [4.69, 9.17) is 4.74 Å². The summed E-state index contributed by atoms with van der Waals surface area (Å²) in [7, 11) is 6.39. The Kier molecular flexibility index (Phi) is 8.03. The Hall–Kier alpha value is -1.68. The Morgan fingerprint density at radius 1 is 0.704 bits per heavy atom. The summed E-state index contributed by atoms with van der Waals surface area (Å²) in [5, 5.41) is 0. The maximum Gasteiger partial charge on any atom is 0.109 e. The number of aryl methyl sites for hydroxylation is 4. The summed E-state index contributed by atoms with van der Waals surface area (Å²) in [4.78, 5) is 4.56. The van der Waals surface area contributed by atoms with Crippen LogP contribution in [0.25, 0.3) is 0 Å². The fourth-order valence-corrected chi connectivity index (χ4v) is 3.60. The van der Waals surface area contributed by atoms with Crippen LogP contribution in [-0.4, -0.2) is 57.2 Å². The van der Waals surface area contributed by atoms with Gasteiger partial charge in [0.2, 0.25) is 0 Å². The van der Waals surface area contributed by atoms with Gasteiger partial charge in [0.1, 0.15) is 6.10 Å². The molecule has 0 radical (unpaired) electrons. The van der Waals surface area contributed by atoms with Crippen LogP contribution in [0, 0.1) is 27.7 Å². The predicted octanol–water partition coefficient (Wildman–Crippen LogP) is 4.52. The highest BCUT2D eigenvalue weighted by Gasteiger charge is 2.22. The molecular formula is C24H36N2O. The Labute approximate surface area is 166 Å². The van der Waals surface area contributed by atoms with Gasteiger partial charge in [-0.2, -0.15) is 0 Å². The van der Waals surface area contributed by atoms with Crippen LogP contribution in [0.15, 0.2) is 36.4 Å². The van der Waals surface area contributed by atoms with E-state index in [0.717, 1.165) is 26.2 Å². The molecule has 0 aliphatic carbocycles. The van der Waals surface area contributed by atoms with Crippen molar-refractivity contribution in [3.63, 3.8) is 0 Å². The predicted molar refractivity (Wildman–Crippen MR) is 116 cm³/mol. The average Bonchev–Trinajstić information content (AvgIpc) is 2.59. The van der Waals surface area contributed by atoms with Gasteiger partial charge in [-0.15, -0.1) is 0 Å². The third kappa shape index (κ3) is 5.90. The standard InChI is InChI=1S/C24H36N2O/c1-18-10-8-11-19(2)22(18)24(23-20(3)12-9-13-21(23)4)27-17-16-26(7)15-14-25(5)6/h8-13,24H,14-17H2,1-7H3. The van der Waals surface area contributed by atoms with Gasteiger partial charge in [-0.05, 0) is 82.2 Å². The lowest BCUT2D eigenvalue weighted by molar-refractivity contribution is 0.0624. The van der Waals surface area contributed by atoms with Crippen molar-refractivity contribution in [2.75, 3.05) is 47.4 Å². The van der Waals surface area contributed by atoms with Gasteiger partial charge in [0.05, 0.1) is 6.61 Å². The minimum atomic E-state index is -0.0188. The molecule has 2 aromatic carbocycles. The van der Waals surface area contributed by atoms with Crippen LogP contribution < -0.4 is 0 Å². The van der Waals surface area contributed by atoms with Crippen molar-refractivity contribution in [3.8, 4) is 0 Å². The van der Waals surface area contributed by atoms with E-state index >= 15 is 0 Å². The molecule has 0 atom stereocenters. The second kappa shape index (κ2) is 10.0. The van der Waals surface area contributed by atoms with Crippen LogP contribution >= 0.6 is 0 Å². The molecule has 0 N–H and O–H groups in total. The van der Waals surface area contributed by atoms with Gasteiger partial charge in [0.25, 0.3) is 0 Å². The maximum absolute atomic E-state index is 6.56. The van der Waals surface area contributed by atoms with Crippen LogP contribution in [-0.2, 0) is 4.74 Å². The zero-order valence-electron chi connectivity index (χ0n) is 18.2. The molecule has 0 spiro atoms. The van der Waals surface area contributed by atoms with Crippen molar-refractivity contribution < 1.29 is 4.74 Å². The first-order valence-electron chi connectivity index (χ1n) is 9.88. The highest BCUT2D eigenvalue weighted by molar-refractivity contribution is 5.46. The molecule has 0 amide bonds. The van der Waals surface area contributed by atoms with Gasteiger partial charge in [-0.25, -0.2) is 0 Å². The molecule has 0 bridgehead atoms. The second-order valence-electron chi connectivity index (χ2n) is 7.97. The molecule has 148 valence electrons. The Morgan fingerprint density at radius 2 is 1.15 bits per heavy atom. The molecule has 27 heavy (non-hydrogen) atoms. The summed E-state index contributed by atoms with van der Waals surface area (Å²) < 4.78 is 6.56. The van der Waals surface area contributed by atoms with Gasteiger partial charge in [0, 0.05) is 19.6 Å². The molecule has 2 rings (SSSR count). The zero-order valence-corrected chi connectivity index (χ0v) is 18.2. The number of hydrogen-bond donors (Lipinski definition) is 0. The van der Waals surface area contributed by atoms with Crippen molar-refractivity contribution >= 4 is 0 Å². The van der Waals surface area contributed by atoms with Crippen LogP contribution in [0.3, 0.4) is 0 Å². The van der Waals surface area contributed by atoms with Gasteiger partial charge < -0.3 is 14.5 Å². The highest BCUT2D eigenvalue weighted by atomic mass is 16.5. The summed E-state index contributed by atoms with van der Waals surface area (Å²) in [6, 6.07) is 13.0. The van der Waals surface area contributed by atoms with Gasteiger partial charge in [-0.1, -0.05) is 36.4 Å². The number of rotatable bonds is 9. The molecule has 3 nitrogen and oxygen atoms in total. The number of ether oxygens (including phenoxy) is 1. The fraction of sp³-hybridized carbons (Fsp3) is 0.500. The Bertz CT molecular complexity index is 647. The molecule has 3 heteroatoms. The van der Waals surface area contributed by atoms with Crippen molar-refractivity contribution in [2.45, 2.75) is 33.8 Å². The summed E-state index contributed by atoms with van der Waals surface area (Å²) in [6.07, 6.45) is -0.0188. The Balaban J connectivity index is 2.24. The molecule has 0 fully saturated rings. The van der Waals surface area contributed by atoms with Crippen LogP contribution in [0.4, 0.5) is 0 Å². The van der Waals surface area contributed by atoms with Crippen LogP contribution in [0.2, 0.25) is 0 Å². The Morgan fingerprint density at radius 3 is 1.56 bits per heavy atom. The lowest BCUT2D eigenvalue weighted by atomic mass is 9.89. The SMILES string of the molecule is Cc1cccc(C)c1C(OCCN(C)CCN(C)C)c1c(C)cccc1C. The van der Waals surface area contributed by atoms with Crippen LogP contribution in [0.5, 0.6) is 0 Å². The molecule has 2 aromatic rings. The molecule has 0 aliphatic heterocycles. The highest BCUT2D eigenvalue weighted by Crippen LogP contribution is 2.34. The first kappa shape index (κ1) is 21.6. The van der Waals surface area contributed by atoms with E-state index < -0.39 is 0 Å². The van der Waals surface area contributed by atoms with Gasteiger partial charge in [-0.3, -0.25) is 0 Å². The first-order chi connectivity index (χ1) is 12.8. The average molecular weight is 369 g/mol. The number of benzene rings is 2.